The predicted molar refractivity (Wildman–Crippen MR) is 88.3 cm³/mol. The maximum atomic E-state index is 12.6. The van der Waals surface area contributed by atoms with Gasteiger partial charge in [0.25, 0.3) is 0 Å². The van der Waals surface area contributed by atoms with Gasteiger partial charge in [-0.2, -0.15) is 0 Å². The summed E-state index contributed by atoms with van der Waals surface area (Å²) in [5.41, 5.74) is 0.558. The molecule has 1 heterocycles. The third-order valence-corrected chi connectivity index (χ3v) is 4.97. The Labute approximate surface area is 141 Å². The van der Waals surface area contributed by atoms with Crippen LogP contribution in [0.5, 0.6) is 5.75 Å². The molecule has 0 spiro atoms. The van der Waals surface area contributed by atoms with E-state index in [1.807, 2.05) is 0 Å². The largest absolute Gasteiger partial charge is 0.495 e. The highest BCUT2D eigenvalue weighted by Gasteiger charge is 2.48. The monoisotopic (exact) mass is 330 g/mol. The van der Waals surface area contributed by atoms with Crippen molar-refractivity contribution >= 4 is 23.4 Å². The predicted octanol–water partition coefficient (Wildman–Crippen LogP) is 2.18. The number of imide groups is 1. The Morgan fingerprint density at radius 2 is 1.75 bits per heavy atom. The molecular weight excluding hydrogens is 308 g/mol. The topological polar surface area (TPSA) is 66.9 Å². The average Bonchev–Trinajstić information content (AvgIpc) is 2.84. The molecule has 0 aromatic heterocycles. The molecule has 6 heteroatoms. The Morgan fingerprint density at radius 1 is 1.17 bits per heavy atom. The van der Waals surface area contributed by atoms with E-state index in [-0.39, 0.29) is 36.2 Å². The minimum atomic E-state index is -0.241. The molecule has 2 aliphatic rings. The minimum absolute atomic E-state index is 0.0552. The number of para-hydroxylation sites is 2. The molecule has 1 aliphatic carbocycles. The minimum Gasteiger partial charge on any atom is -0.495 e. The maximum Gasteiger partial charge on any atom is 0.234 e. The molecule has 0 unspecified atom stereocenters. The molecule has 1 aromatic carbocycles. The fourth-order valence-electron chi connectivity index (χ4n) is 3.71. The van der Waals surface area contributed by atoms with Crippen LogP contribution >= 0.6 is 0 Å². The molecule has 2 fully saturated rings. The van der Waals surface area contributed by atoms with Gasteiger partial charge < -0.3 is 4.74 Å². The molecule has 0 N–H and O–H groups in total. The lowest BCUT2D eigenvalue weighted by Gasteiger charge is -2.27. The molecule has 3 amide bonds. The quantitative estimate of drug-likeness (QED) is 0.794. The SMILES string of the molecule is COc1ccccc1N(CN1C(=O)[C@@H]2CCCC[C@H]2C1=O)C(C)=O. The number of carbonyl (C=O) groups excluding carboxylic acids is 3. The van der Waals surface area contributed by atoms with Gasteiger partial charge in [-0.05, 0) is 25.0 Å². The van der Waals surface area contributed by atoms with Crippen molar-refractivity contribution in [1.82, 2.24) is 4.90 Å². The van der Waals surface area contributed by atoms with Crippen LogP contribution in [0.3, 0.4) is 0 Å². The number of likely N-dealkylation sites (tertiary alicyclic amines) is 1. The van der Waals surface area contributed by atoms with Gasteiger partial charge >= 0.3 is 0 Å². The van der Waals surface area contributed by atoms with Crippen molar-refractivity contribution in [2.45, 2.75) is 32.6 Å². The number of ether oxygens (including phenoxy) is 1. The summed E-state index contributed by atoms with van der Waals surface area (Å²) in [6, 6.07) is 7.10. The lowest BCUT2D eigenvalue weighted by Crippen LogP contribution is -2.44. The van der Waals surface area contributed by atoms with Crippen molar-refractivity contribution in [2.24, 2.45) is 11.8 Å². The van der Waals surface area contributed by atoms with Crippen molar-refractivity contribution in [3.8, 4) is 5.75 Å². The van der Waals surface area contributed by atoms with Gasteiger partial charge in [0.15, 0.2) is 0 Å². The van der Waals surface area contributed by atoms with E-state index in [0.29, 0.717) is 11.4 Å². The Kier molecular flexibility index (Phi) is 4.55. The fraction of sp³-hybridized carbons (Fsp3) is 0.500. The van der Waals surface area contributed by atoms with E-state index in [2.05, 4.69) is 0 Å². The van der Waals surface area contributed by atoms with Crippen molar-refractivity contribution < 1.29 is 19.1 Å². The summed E-state index contributed by atoms with van der Waals surface area (Å²) in [5, 5.41) is 0. The molecule has 1 saturated heterocycles. The maximum absolute atomic E-state index is 12.6. The first-order valence-electron chi connectivity index (χ1n) is 8.31. The van der Waals surface area contributed by atoms with Crippen molar-refractivity contribution in [3.63, 3.8) is 0 Å². The van der Waals surface area contributed by atoms with Gasteiger partial charge in [-0.3, -0.25) is 24.2 Å². The molecule has 24 heavy (non-hydrogen) atoms. The van der Waals surface area contributed by atoms with Crippen molar-refractivity contribution in [3.05, 3.63) is 24.3 Å². The van der Waals surface area contributed by atoms with Crippen molar-refractivity contribution in [2.75, 3.05) is 18.7 Å². The second-order valence-corrected chi connectivity index (χ2v) is 6.36. The fourth-order valence-corrected chi connectivity index (χ4v) is 3.71. The number of amides is 3. The number of carbonyl (C=O) groups is 3. The first kappa shape index (κ1) is 16.5. The second-order valence-electron chi connectivity index (χ2n) is 6.36. The van der Waals surface area contributed by atoms with Crippen LogP contribution in [0.15, 0.2) is 24.3 Å². The number of anilines is 1. The van der Waals surface area contributed by atoms with E-state index in [4.69, 9.17) is 4.74 Å². The number of methoxy groups -OCH3 is 1. The van der Waals surface area contributed by atoms with Gasteiger partial charge in [0, 0.05) is 6.92 Å². The molecule has 6 nitrogen and oxygen atoms in total. The highest BCUT2D eigenvalue weighted by molar-refractivity contribution is 6.06. The number of benzene rings is 1. The zero-order chi connectivity index (χ0) is 17.3. The van der Waals surface area contributed by atoms with Crippen LogP contribution < -0.4 is 9.64 Å². The molecule has 0 radical (unpaired) electrons. The van der Waals surface area contributed by atoms with Crippen LogP contribution in [0.25, 0.3) is 0 Å². The summed E-state index contributed by atoms with van der Waals surface area (Å²) in [5.74, 6) is -0.425. The molecular formula is C18H22N2O4. The second kappa shape index (κ2) is 6.63. The van der Waals surface area contributed by atoms with E-state index in [1.165, 1.54) is 23.8 Å². The van der Waals surface area contributed by atoms with Gasteiger partial charge in [-0.15, -0.1) is 0 Å². The molecule has 1 saturated carbocycles. The van der Waals surface area contributed by atoms with E-state index in [0.717, 1.165) is 25.7 Å². The van der Waals surface area contributed by atoms with Gasteiger partial charge in [0.05, 0.1) is 24.6 Å². The van der Waals surface area contributed by atoms with Crippen LogP contribution in [0.1, 0.15) is 32.6 Å². The number of hydrogen-bond donors (Lipinski definition) is 0. The standard InChI is InChI=1S/C18H22N2O4/c1-12(21)19(15-9-5-6-10-16(15)24-2)11-20-17(22)13-7-3-4-8-14(13)18(20)23/h5-6,9-10,13-14H,3-4,7-8,11H2,1-2H3/t13-,14-/m1/s1. The normalized spacial score (nSPS) is 23.2. The first-order valence-corrected chi connectivity index (χ1v) is 8.31. The summed E-state index contributed by atoms with van der Waals surface area (Å²) in [6.07, 6.45) is 3.49. The Balaban J connectivity index is 1.87. The number of hydrogen-bond acceptors (Lipinski definition) is 4. The number of rotatable bonds is 4. The Morgan fingerprint density at radius 3 is 2.29 bits per heavy atom. The van der Waals surface area contributed by atoms with Crippen LogP contribution in [0.2, 0.25) is 0 Å². The summed E-state index contributed by atoms with van der Waals surface area (Å²) in [6.45, 7) is 1.37. The Bertz CT molecular complexity index is 649. The van der Waals surface area contributed by atoms with E-state index in [1.54, 1.807) is 24.3 Å². The molecule has 1 aromatic rings. The Hall–Kier alpha value is -2.37. The first-order chi connectivity index (χ1) is 11.5. The molecule has 1 aliphatic heterocycles. The van der Waals surface area contributed by atoms with E-state index < -0.39 is 0 Å². The van der Waals surface area contributed by atoms with Crippen LogP contribution in [0.4, 0.5) is 5.69 Å². The van der Waals surface area contributed by atoms with E-state index in [9.17, 15) is 14.4 Å². The van der Waals surface area contributed by atoms with Gasteiger partial charge in [-0.25, -0.2) is 0 Å². The molecule has 2 atom stereocenters. The van der Waals surface area contributed by atoms with E-state index >= 15 is 0 Å². The van der Waals surface area contributed by atoms with Gasteiger partial charge in [-0.1, -0.05) is 25.0 Å². The summed E-state index contributed by atoms with van der Waals surface area (Å²) in [4.78, 5) is 40.1. The highest BCUT2D eigenvalue weighted by atomic mass is 16.5. The zero-order valence-electron chi connectivity index (χ0n) is 14.0. The number of fused-ring (bicyclic) bond motifs is 1. The lowest BCUT2D eigenvalue weighted by atomic mass is 9.81. The van der Waals surface area contributed by atoms with Crippen molar-refractivity contribution in [1.29, 1.82) is 0 Å². The number of nitrogens with zero attached hydrogens (tertiary/aromatic N) is 2. The molecule has 3 rings (SSSR count). The van der Waals surface area contributed by atoms with Gasteiger partial charge in [0.2, 0.25) is 17.7 Å². The molecule has 0 bridgehead atoms. The average molecular weight is 330 g/mol. The smallest absolute Gasteiger partial charge is 0.234 e. The zero-order valence-corrected chi connectivity index (χ0v) is 14.0. The summed E-state index contributed by atoms with van der Waals surface area (Å²) < 4.78 is 5.31. The highest BCUT2D eigenvalue weighted by Crippen LogP contribution is 2.38. The van der Waals surface area contributed by atoms with Gasteiger partial charge in [0.1, 0.15) is 12.4 Å². The van der Waals surface area contributed by atoms with Crippen LogP contribution in [0, 0.1) is 11.8 Å². The lowest BCUT2D eigenvalue weighted by molar-refractivity contribution is -0.140. The third kappa shape index (κ3) is 2.77. The summed E-state index contributed by atoms with van der Waals surface area (Å²) >= 11 is 0. The summed E-state index contributed by atoms with van der Waals surface area (Å²) in [7, 11) is 1.53. The third-order valence-electron chi connectivity index (χ3n) is 4.97. The van der Waals surface area contributed by atoms with Crippen LogP contribution in [-0.2, 0) is 14.4 Å². The molecule has 128 valence electrons. The van der Waals surface area contributed by atoms with Crippen LogP contribution in [-0.4, -0.2) is 36.4 Å².